The molecule has 4 nitrogen and oxygen atoms in total. The van der Waals surface area contributed by atoms with E-state index in [1.54, 1.807) is 0 Å². The van der Waals surface area contributed by atoms with E-state index in [-0.39, 0.29) is 12.1 Å². The number of hydrogen-bond donors (Lipinski definition) is 2. The van der Waals surface area contributed by atoms with Crippen LogP contribution in [0, 0.1) is 0 Å². The van der Waals surface area contributed by atoms with Crippen LogP contribution in [0.15, 0.2) is 24.3 Å². The molecule has 5 heteroatoms. The predicted octanol–water partition coefficient (Wildman–Crippen LogP) is 2.42. The molecule has 0 aliphatic heterocycles. The summed E-state index contributed by atoms with van der Waals surface area (Å²) in [7, 11) is 0. The van der Waals surface area contributed by atoms with Crippen molar-refractivity contribution in [3.05, 3.63) is 24.3 Å². The average Bonchev–Trinajstić information content (AvgIpc) is 2.76. The van der Waals surface area contributed by atoms with Gasteiger partial charge in [0.05, 0.1) is 10.1 Å². The topological polar surface area (TPSA) is 54.4 Å². The van der Waals surface area contributed by atoms with Gasteiger partial charge in [0.25, 0.3) is 0 Å². The highest BCUT2D eigenvalue weighted by Gasteiger charge is 2.14. The number of hydrogen-bond acceptors (Lipinski definition) is 5. The second-order valence-corrected chi connectivity index (χ2v) is 6.38. The third-order valence-electron chi connectivity index (χ3n) is 2.62. The average molecular weight is 280 g/mol. The fourth-order valence-corrected chi connectivity index (χ4v) is 2.35. The Morgan fingerprint density at radius 1 is 1.37 bits per heavy atom. The summed E-state index contributed by atoms with van der Waals surface area (Å²) in [4.78, 5) is 0. The Morgan fingerprint density at radius 3 is 2.84 bits per heavy atom. The summed E-state index contributed by atoms with van der Waals surface area (Å²) in [5, 5.41) is 14.1. The molecule has 1 heterocycles. The highest BCUT2D eigenvalue weighted by Crippen LogP contribution is 2.27. The summed E-state index contributed by atoms with van der Waals surface area (Å²) in [6.45, 7) is 6.94. The Labute approximate surface area is 117 Å². The molecule has 0 radical (unpaired) electrons. The van der Waals surface area contributed by atoms with Gasteiger partial charge < -0.3 is 15.2 Å². The molecule has 0 bridgehead atoms. The molecule has 1 aromatic heterocycles. The van der Waals surface area contributed by atoms with Crippen LogP contribution in [0.2, 0.25) is 0 Å². The Hall–Kier alpha value is -1.17. The smallest absolute Gasteiger partial charge is 0.233 e. The summed E-state index contributed by atoms with van der Waals surface area (Å²) in [6, 6.07) is 7.93. The number of aliphatic hydroxyl groups is 1. The third-order valence-corrected chi connectivity index (χ3v) is 3.43. The molecule has 0 amide bonds. The number of β-amino-alcohol motifs (C(OH)–C–C–N with tert-alkyl or cyclic N) is 1. The Balaban J connectivity index is 1.88. The summed E-state index contributed by atoms with van der Waals surface area (Å²) in [6.07, 6.45) is -0.542. The highest BCUT2D eigenvalue weighted by atomic mass is 32.1. The standard InChI is InChI=1S/C14H20N2O2S/c1-14(2,3)15-8-10(17)9-18-13-11-6-4-5-7-12(11)19-16-13/h4-7,10,15,17H,8-9H2,1-3H3. The van der Waals surface area contributed by atoms with Crippen molar-refractivity contribution >= 4 is 21.6 Å². The zero-order valence-corrected chi connectivity index (χ0v) is 12.3. The van der Waals surface area contributed by atoms with Crippen molar-refractivity contribution in [2.75, 3.05) is 13.2 Å². The van der Waals surface area contributed by atoms with Gasteiger partial charge in [-0.15, -0.1) is 0 Å². The van der Waals surface area contributed by atoms with E-state index in [0.29, 0.717) is 12.4 Å². The van der Waals surface area contributed by atoms with E-state index in [9.17, 15) is 5.11 Å². The van der Waals surface area contributed by atoms with Crippen molar-refractivity contribution in [2.45, 2.75) is 32.4 Å². The Kier molecular flexibility index (Phi) is 4.39. The molecule has 104 valence electrons. The molecular weight excluding hydrogens is 260 g/mol. The molecule has 0 spiro atoms. The molecule has 0 aliphatic carbocycles. The van der Waals surface area contributed by atoms with Crippen molar-refractivity contribution < 1.29 is 9.84 Å². The molecular formula is C14H20N2O2S. The van der Waals surface area contributed by atoms with Crippen molar-refractivity contribution in [2.24, 2.45) is 0 Å². The van der Waals surface area contributed by atoms with E-state index >= 15 is 0 Å². The number of benzene rings is 1. The summed E-state index contributed by atoms with van der Waals surface area (Å²) < 4.78 is 11.0. The lowest BCUT2D eigenvalue weighted by Gasteiger charge is -2.22. The fourth-order valence-electron chi connectivity index (χ4n) is 1.62. The van der Waals surface area contributed by atoms with Crippen molar-refractivity contribution in [1.29, 1.82) is 0 Å². The van der Waals surface area contributed by atoms with Crippen LogP contribution in [0.1, 0.15) is 20.8 Å². The number of aliphatic hydroxyl groups excluding tert-OH is 1. The molecule has 0 saturated carbocycles. The van der Waals surface area contributed by atoms with Crippen LogP contribution in [0.25, 0.3) is 10.1 Å². The van der Waals surface area contributed by atoms with E-state index < -0.39 is 6.10 Å². The lowest BCUT2D eigenvalue weighted by atomic mass is 10.1. The zero-order valence-electron chi connectivity index (χ0n) is 11.5. The summed E-state index contributed by atoms with van der Waals surface area (Å²) in [5.74, 6) is 0.607. The van der Waals surface area contributed by atoms with Gasteiger partial charge in [-0.3, -0.25) is 0 Å². The van der Waals surface area contributed by atoms with Crippen LogP contribution in [-0.4, -0.2) is 34.3 Å². The van der Waals surface area contributed by atoms with Gasteiger partial charge in [0.1, 0.15) is 12.7 Å². The highest BCUT2D eigenvalue weighted by molar-refractivity contribution is 7.13. The second-order valence-electron chi connectivity index (χ2n) is 5.58. The van der Waals surface area contributed by atoms with Gasteiger partial charge in [0, 0.05) is 12.1 Å². The first kappa shape index (κ1) is 14.2. The molecule has 19 heavy (non-hydrogen) atoms. The van der Waals surface area contributed by atoms with Crippen molar-refractivity contribution in [1.82, 2.24) is 9.69 Å². The third kappa shape index (κ3) is 4.16. The normalized spacial score (nSPS) is 13.7. The molecule has 0 saturated heterocycles. The van der Waals surface area contributed by atoms with Gasteiger partial charge in [-0.2, -0.15) is 4.37 Å². The number of fused-ring (bicyclic) bond motifs is 1. The number of aromatic nitrogens is 1. The van der Waals surface area contributed by atoms with Crippen molar-refractivity contribution in [3.63, 3.8) is 0 Å². The molecule has 1 unspecified atom stereocenters. The molecule has 1 atom stereocenters. The van der Waals surface area contributed by atoms with Crippen molar-refractivity contribution in [3.8, 4) is 5.88 Å². The first-order valence-electron chi connectivity index (χ1n) is 6.36. The molecule has 0 aliphatic rings. The van der Waals surface area contributed by atoms with E-state index in [1.165, 1.54) is 11.5 Å². The second kappa shape index (κ2) is 5.86. The van der Waals surface area contributed by atoms with E-state index in [4.69, 9.17) is 4.74 Å². The first-order valence-corrected chi connectivity index (χ1v) is 7.13. The molecule has 2 aromatic rings. The zero-order chi connectivity index (χ0) is 13.9. The first-order chi connectivity index (χ1) is 8.96. The molecule has 1 aromatic carbocycles. The Bertz CT molecular complexity index is 533. The van der Waals surface area contributed by atoms with Crippen LogP contribution < -0.4 is 10.1 Å². The molecule has 2 N–H and O–H groups in total. The van der Waals surface area contributed by atoms with Gasteiger partial charge in [0.2, 0.25) is 5.88 Å². The van der Waals surface area contributed by atoms with Gasteiger partial charge in [0.15, 0.2) is 0 Å². The minimum absolute atomic E-state index is 0.00565. The fraction of sp³-hybridized carbons (Fsp3) is 0.500. The lowest BCUT2D eigenvalue weighted by Crippen LogP contribution is -2.42. The predicted molar refractivity (Wildman–Crippen MR) is 78.9 cm³/mol. The van der Waals surface area contributed by atoms with Crippen LogP contribution in [0.4, 0.5) is 0 Å². The van der Waals surface area contributed by atoms with E-state index in [0.717, 1.165) is 10.1 Å². The molecule has 2 rings (SSSR count). The van der Waals surface area contributed by atoms with Gasteiger partial charge in [-0.25, -0.2) is 0 Å². The number of ether oxygens (including phenoxy) is 1. The maximum Gasteiger partial charge on any atom is 0.233 e. The Morgan fingerprint density at radius 2 is 2.11 bits per heavy atom. The minimum Gasteiger partial charge on any atom is -0.474 e. The van der Waals surface area contributed by atoms with Crippen LogP contribution in [-0.2, 0) is 0 Å². The summed E-state index contributed by atoms with van der Waals surface area (Å²) in [5.41, 5.74) is -0.00565. The number of rotatable bonds is 5. The number of nitrogens with one attached hydrogen (secondary N) is 1. The maximum absolute atomic E-state index is 9.87. The minimum atomic E-state index is -0.542. The van der Waals surface area contributed by atoms with Crippen LogP contribution in [0.3, 0.4) is 0 Å². The van der Waals surface area contributed by atoms with Gasteiger partial charge >= 0.3 is 0 Å². The maximum atomic E-state index is 9.87. The van der Waals surface area contributed by atoms with E-state index in [2.05, 4.69) is 30.5 Å². The SMILES string of the molecule is CC(C)(C)NCC(O)COc1nsc2ccccc12. The van der Waals surface area contributed by atoms with E-state index in [1.807, 2.05) is 24.3 Å². The van der Waals surface area contributed by atoms with Gasteiger partial charge in [-0.05, 0) is 44.4 Å². The number of nitrogens with zero attached hydrogens (tertiary/aromatic N) is 1. The van der Waals surface area contributed by atoms with Crippen LogP contribution in [0.5, 0.6) is 5.88 Å². The quantitative estimate of drug-likeness (QED) is 0.883. The van der Waals surface area contributed by atoms with Crippen LogP contribution >= 0.6 is 11.5 Å². The molecule has 0 fully saturated rings. The summed E-state index contributed by atoms with van der Waals surface area (Å²) >= 11 is 1.41. The van der Waals surface area contributed by atoms with Gasteiger partial charge in [-0.1, -0.05) is 12.1 Å². The largest absolute Gasteiger partial charge is 0.474 e. The lowest BCUT2D eigenvalue weighted by molar-refractivity contribution is 0.0990. The monoisotopic (exact) mass is 280 g/mol.